The van der Waals surface area contributed by atoms with Crippen molar-refractivity contribution in [2.45, 2.75) is 0 Å². The molecule has 1 amide bonds. The van der Waals surface area contributed by atoms with E-state index in [4.69, 9.17) is 4.74 Å². The molecular weight excluding hydrogens is 266 g/mol. The van der Waals surface area contributed by atoms with Crippen molar-refractivity contribution in [3.05, 3.63) is 36.0 Å². The van der Waals surface area contributed by atoms with E-state index >= 15 is 0 Å². The number of fused-ring (bicyclic) bond motifs is 1. The normalized spacial score (nSPS) is 16.2. The van der Waals surface area contributed by atoms with Crippen molar-refractivity contribution in [2.24, 2.45) is 7.05 Å². The number of hydrogen-bond acceptors (Lipinski definition) is 3. The number of aryl methyl sites for hydroxylation is 1. The fraction of sp³-hybridized carbons (Fsp3) is 0.438. The Hall–Kier alpha value is -1.85. The molecule has 1 fully saturated rings. The SMILES string of the molecule is Cn1ccc2ccc(C(=O)NCCN3CCOCC3)cc21. The molecule has 0 aliphatic carbocycles. The summed E-state index contributed by atoms with van der Waals surface area (Å²) in [5.41, 5.74) is 1.79. The predicted molar refractivity (Wildman–Crippen MR) is 82.5 cm³/mol. The molecule has 0 spiro atoms. The number of aromatic nitrogens is 1. The molecule has 0 saturated carbocycles. The number of nitrogens with one attached hydrogen (secondary N) is 1. The summed E-state index contributed by atoms with van der Waals surface area (Å²) in [5.74, 6) is -0.00800. The van der Waals surface area contributed by atoms with Crippen molar-refractivity contribution in [3.63, 3.8) is 0 Å². The first kappa shape index (κ1) is 14.1. The van der Waals surface area contributed by atoms with Crippen molar-refractivity contribution in [2.75, 3.05) is 39.4 Å². The zero-order valence-electron chi connectivity index (χ0n) is 12.3. The lowest BCUT2D eigenvalue weighted by atomic mass is 10.1. The maximum atomic E-state index is 12.2. The molecule has 1 aliphatic heterocycles. The molecule has 2 heterocycles. The second-order valence-corrected chi connectivity index (χ2v) is 5.41. The highest BCUT2D eigenvalue weighted by Crippen LogP contribution is 2.16. The lowest BCUT2D eigenvalue weighted by Gasteiger charge is -2.26. The second-order valence-electron chi connectivity index (χ2n) is 5.41. The van der Waals surface area contributed by atoms with E-state index in [9.17, 15) is 4.79 Å². The van der Waals surface area contributed by atoms with Crippen molar-refractivity contribution in [1.29, 1.82) is 0 Å². The van der Waals surface area contributed by atoms with Gasteiger partial charge < -0.3 is 14.6 Å². The molecule has 1 aromatic heterocycles. The Morgan fingerprint density at radius 2 is 2.10 bits per heavy atom. The molecule has 1 aliphatic rings. The third kappa shape index (κ3) is 3.25. The number of morpholine rings is 1. The molecule has 0 unspecified atom stereocenters. The first-order chi connectivity index (χ1) is 10.2. The molecule has 0 bridgehead atoms. The van der Waals surface area contributed by atoms with Crippen molar-refractivity contribution in [3.8, 4) is 0 Å². The first-order valence-corrected chi connectivity index (χ1v) is 7.37. The van der Waals surface area contributed by atoms with Gasteiger partial charge in [0, 0.05) is 50.5 Å². The van der Waals surface area contributed by atoms with Gasteiger partial charge in [-0.15, -0.1) is 0 Å². The summed E-state index contributed by atoms with van der Waals surface area (Å²) in [6.07, 6.45) is 2.00. The number of carbonyl (C=O) groups excluding carboxylic acids is 1. The Morgan fingerprint density at radius 1 is 1.29 bits per heavy atom. The summed E-state index contributed by atoms with van der Waals surface area (Å²) >= 11 is 0. The van der Waals surface area contributed by atoms with E-state index < -0.39 is 0 Å². The minimum absolute atomic E-state index is 0.00800. The van der Waals surface area contributed by atoms with Gasteiger partial charge in [0.15, 0.2) is 0 Å². The molecule has 0 atom stereocenters. The van der Waals surface area contributed by atoms with E-state index in [2.05, 4.69) is 16.3 Å². The largest absolute Gasteiger partial charge is 0.379 e. The number of nitrogens with zero attached hydrogens (tertiary/aromatic N) is 2. The van der Waals surface area contributed by atoms with Gasteiger partial charge in [-0.25, -0.2) is 0 Å². The van der Waals surface area contributed by atoms with Crippen molar-refractivity contribution >= 4 is 16.8 Å². The number of ether oxygens (including phenoxy) is 1. The fourth-order valence-electron chi connectivity index (χ4n) is 2.66. The van der Waals surface area contributed by atoms with Crippen LogP contribution in [0.1, 0.15) is 10.4 Å². The van der Waals surface area contributed by atoms with Gasteiger partial charge in [-0.2, -0.15) is 0 Å². The van der Waals surface area contributed by atoms with Crippen LogP contribution < -0.4 is 5.32 Å². The van der Waals surface area contributed by atoms with Crippen LogP contribution in [-0.2, 0) is 11.8 Å². The van der Waals surface area contributed by atoms with Gasteiger partial charge in [0.25, 0.3) is 5.91 Å². The molecule has 112 valence electrons. The topological polar surface area (TPSA) is 46.5 Å². The van der Waals surface area contributed by atoms with E-state index in [0.29, 0.717) is 12.1 Å². The summed E-state index contributed by atoms with van der Waals surface area (Å²) < 4.78 is 7.34. The van der Waals surface area contributed by atoms with Crippen molar-refractivity contribution in [1.82, 2.24) is 14.8 Å². The molecule has 3 rings (SSSR count). The summed E-state index contributed by atoms with van der Waals surface area (Å²) in [6, 6.07) is 7.87. The number of amides is 1. The van der Waals surface area contributed by atoms with E-state index in [-0.39, 0.29) is 5.91 Å². The number of rotatable bonds is 4. The summed E-state index contributed by atoms with van der Waals surface area (Å²) in [4.78, 5) is 14.5. The Labute approximate surface area is 124 Å². The molecule has 2 aromatic rings. The van der Waals surface area contributed by atoms with Gasteiger partial charge in [-0.3, -0.25) is 9.69 Å². The third-order valence-corrected chi connectivity index (χ3v) is 3.97. The minimum Gasteiger partial charge on any atom is -0.379 e. The Kier molecular flexibility index (Phi) is 4.22. The zero-order chi connectivity index (χ0) is 14.7. The molecule has 1 N–H and O–H groups in total. The van der Waals surface area contributed by atoms with Crippen LogP contribution in [0.4, 0.5) is 0 Å². The molecular formula is C16H21N3O2. The number of hydrogen-bond donors (Lipinski definition) is 1. The second kappa shape index (κ2) is 6.28. The monoisotopic (exact) mass is 287 g/mol. The van der Waals surface area contributed by atoms with E-state index in [1.54, 1.807) is 0 Å². The molecule has 21 heavy (non-hydrogen) atoms. The van der Waals surface area contributed by atoms with E-state index in [1.165, 1.54) is 0 Å². The molecule has 1 aromatic carbocycles. The minimum atomic E-state index is -0.00800. The number of benzene rings is 1. The lowest BCUT2D eigenvalue weighted by Crippen LogP contribution is -2.41. The highest BCUT2D eigenvalue weighted by Gasteiger charge is 2.11. The van der Waals surface area contributed by atoms with Crippen molar-refractivity contribution < 1.29 is 9.53 Å². The quantitative estimate of drug-likeness (QED) is 0.920. The molecule has 1 saturated heterocycles. The van der Waals surface area contributed by atoms with E-state index in [1.807, 2.05) is 36.0 Å². The molecule has 0 radical (unpaired) electrons. The van der Waals surface area contributed by atoms with Gasteiger partial charge >= 0.3 is 0 Å². The summed E-state index contributed by atoms with van der Waals surface area (Å²) in [5, 5.41) is 4.15. The van der Waals surface area contributed by atoms with Crippen LogP contribution in [0.5, 0.6) is 0 Å². The van der Waals surface area contributed by atoms with E-state index in [0.717, 1.165) is 43.8 Å². The highest BCUT2D eigenvalue weighted by molar-refractivity contribution is 5.98. The van der Waals surface area contributed by atoms with Gasteiger partial charge in [0.2, 0.25) is 0 Å². The summed E-state index contributed by atoms with van der Waals surface area (Å²) in [6.45, 7) is 5.03. The standard InChI is InChI=1S/C16H21N3O2/c1-18-6-4-13-2-3-14(12-15(13)18)16(20)17-5-7-19-8-10-21-11-9-19/h2-4,6,12H,5,7-11H2,1H3,(H,17,20). The third-order valence-electron chi connectivity index (χ3n) is 3.97. The molecule has 5 nitrogen and oxygen atoms in total. The average Bonchev–Trinajstić information content (AvgIpc) is 2.89. The predicted octanol–water partition coefficient (Wildman–Crippen LogP) is 1.24. The zero-order valence-corrected chi connectivity index (χ0v) is 12.3. The molecule has 5 heteroatoms. The van der Waals surface area contributed by atoms with Gasteiger partial charge in [-0.05, 0) is 23.6 Å². The van der Waals surface area contributed by atoms with Gasteiger partial charge in [-0.1, -0.05) is 6.07 Å². The van der Waals surface area contributed by atoms with Gasteiger partial charge in [0.1, 0.15) is 0 Å². The Morgan fingerprint density at radius 3 is 2.90 bits per heavy atom. The van der Waals surface area contributed by atoms with Crippen LogP contribution in [-0.4, -0.2) is 54.8 Å². The number of carbonyl (C=O) groups is 1. The maximum Gasteiger partial charge on any atom is 0.251 e. The Balaban J connectivity index is 1.57. The average molecular weight is 287 g/mol. The van der Waals surface area contributed by atoms with Crippen LogP contribution in [0.2, 0.25) is 0 Å². The fourth-order valence-corrected chi connectivity index (χ4v) is 2.66. The van der Waals surface area contributed by atoms with Gasteiger partial charge in [0.05, 0.1) is 13.2 Å². The van der Waals surface area contributed by atoms with Crippen LogP contribution in [0.3, 0.4) is 0 Å². The first-order valence-electron chi connectivity index (χ1n) is 7.37. The summed E-state index contributed by atoms with van der Waals surface area (Å²) in [7, 11) is 1.99. The van der Waals surface area contributed by atoms with Crippen LogP contribution in [0.15, 0.2) is 30.5 Å². The van der Waals surface area contributed by atoms with Crippen LogP contribution >= 0.6 is 0 Å². The van der Waals surface area contributed by atoms with Crippen LogP contribution in [0, 0.1) is 0 Å². The van der Waals surface area contributed by atoms with Crippen LogP contribution in [0.25, 0.3) is 10.9 Å². The highest BCUT2D eigenvalue weighted by atomic mass is 16.5. The smallest absolute Gasteiger partial charge is 0.251 e. The Bertz CT molecular complexity index is 629. The maximum absolute atomic E-state index is 12.2. The lowest BCUT2D eigenvalue weighted by molar-refractivity contribution is 0.0383.